The lowest BCUT2D eigenvalue weighted by Gasteiger charge is -2.34. The third-order valence-corrected chi connectivity index (χ3v) is 4.31. The third-order valence-electron chi connectivity index (χ3n) is 4.31. The Morgan fingerprint density at radius 3 is 2.22 bits per heavy atom. The lowest BCUT2D eigenvalue weighted by atomic mass is 9.97. The van der Waals surface area contributed by atoms with Gasteiger partial charge in [-0.05, 0) is 38.3 Å². The predicted molar refractivity (Wildman–Crippen MR) is 78.1 cm³/mol. The molecule has 0 aromatic rings. The quantitative estimate of drug-likeness (QED) is 0.630. The zero-order chi connectivity index (χ0) is 13.2. The Labute approximate surface area is 113 Å². The largest absolute Gasteiger partial charge is 0.385 e. The van der Waals surface area contributed by atoms with Crippen LogP contribution in [0.2, 0.25) is 0 Å². The highest BCUT2D eigenvalue weighted by atomic mass is 16.5. The summed E-state index contributed by atoms with van der Waals surface area (Å²) in [5.41, 5.74) is 0. The highest BCUT2D eigenvalue weighted by molar-refractivity contribution is 4.71. The Kier molecular flexibility index (Phi) is 8.64. The summed E-state index contributed by atoms with van der Waals surface area (Å²) in [5.74, 6) is 0.863. The minimum Gasteiger partial charge on any atom is -0.385 e. The summed E-state index contributed by atoms with van der Waals surface area (Å²) in [6, 6.07) is 0. The van der Waals surface area contributed by atoms with Gasteiger partial charge in [-0.1, -0.05) is 20.3 Å². The van der Waals surface area contributed by atoms with E-state index in [2.05, 4.69) is 23.6 Å². The first-order valence-electron chi connectivity index (χ1n) is 7.73. The van der Waals surface area contributed by atoms with Crippen molar-refractivity contribution in [3.63, 3.8) is 0 Å². The maximum Gasteiger partial charge on any atom is 0.0464 e. The van der Waals surface area contributed by atoms with Crippen LogP contribution in [0.5, 0.6) is 0 Å². The molecule has 0 aliphatic carbocycles. The molecule has 1 rings (SSSR count). The van der Waals surface area contributed by atoms with Crippen LogP contribution in [0.1, 0.15) is 39.5 Å². The Bertz CT molecular complexity index is 191. The molecule has 108 valence electrons. The van der Waals surface area contributed by atoms with Gasteiger partial charge in [0.25, 0.3) is 0 Å². The fourth-order valence-corrected chi connectivity index (χ4v) is 2.77. The van der Waals surface area contributed by atoms with E-state index >= 15 is 0 Å². The lowest BCUT2D eigenvalue weighted by molar-refractivity contribution is 0.131. The molecule has 1 fully saturated rings. The fraction of sp³-hybridized carbons (Fsp3) is 1.00. The van der Waals surface area contributed by atoms with Gasteiger partial charge in [-0.2, -0.15) is 0 Å². The molecule has 0 aromatic heterocycles. The summed E-state index contributed by atoms with van der Waals surface area (Å²) in [4.78, 5) is 5.18. The number of nitrogens with zero attached hydrogens (tertiary/aromatic N) is 2. The van der Waals surface area contributed by atoms with Crippen molar-refractivity contribution >= 4 is 0 Å². The maximum absolute atomic E-state index is 5.18. The van der Waals surface area contributed by atoms with Crippen molar-refractivity contribution in [2.45, 2.75) is 39.5 Å². The number of likely N-dealkylation sites (N-methyl/N-ethyl adjacent to an activating group) is 1. The molecule has 0 N–H and O–H groups in total. The first-order valence-corrected chi connectivity index (χ1v) is 7.73. The van der Waals surface area contributed by atoms with E-state index in [9.17, 15) is 0 Å². The summed E-state index contributed by atoms with van der Waals surface area (Å²) in [7, 11) is 1.81. The smallest absolute Gasteiger partial charge is 0.0464 e. The normalized spacial score (nSPS) is 20.2. The monoisotopic (exact) mass is 256 g/mol. The van der Waals surface area contributed by atoms with Crippen LogP contribution in [0.15, 0.2) is 0 Å². The van der Waals surface area contributed by atoms with Gasteiger partial charge in [0, 0.05) is 39.9 Å². The van der Waals surface area contributed by atoms with E-state index in [4.69, 9.17) is 4.74 Å². The van der Waals surface area contributed by atoms with E-state index in [1.54, 1.807) is 7.11 Å². The molecular formula is C15H32N2O. The van der Waals surface area contributed by atoms with E-state index in [1.807, 2.05) is 0 Å². The van der Waals surface area contributed by atoms with Gasteiger partial charge in [-0.25, -0.2) is 0 Å². The molecule has 1 saturated heterocycles. The molecule has 3 heteroatoms. The van der Waals surface area contributed by atoms with Crippen LogP contribution in [-0.2, 0) is 4.74 Å². The number of hydrogen-bond acceptors (Lipinski definition) is 3. The molecule has 1 aliphatic rings. The van der Waals surface area contributed by atoms with E-state index < -0.39 is 0 Å². The molecule has 3 nitrogen and oxygen atoms in total. The number of piperazine rings is 1. The molecule has 1 heterocycles. The second-order valence-electron chi connectivity index (χ2n) is 5.47. The van der Waals surface area contributed by atoms with E-state index in [-0.39, 0.29) is 0 Å². The fourth-order valence-electron chi connectivity index (χ4n) is 2.77. The molecule has 0 radical (unpaired) electrons. The number of rotatable bonds is 9. The third kappa shape index (κ3) is 6.17. The standard InChI is InChI=1S/C15H32N2O/c1-4-15(8-14-18-3)7-6-9-17-12-10-16(5-2)11-13-17/h15H,4-14H2,1-3H3/t15-/m0/s1. The zero-order valence-corrected chi connectivity index (χ0v) is 12.7. The van der Waals surface area contributed by atoms with Gasteiger partial charge < -0.3 is 14.5 Å². The molecule has 0 aromatic carbocycles. The van der Waals surface area contributed by atoms with Crippen molar-refractivity contribution in [3.05, 3.63) is 0 Å². The van der Waals surface area contributed by atoms with Gasteiger partial charge in [-0.15, -0.1) is 0 Å². The van der Waals surface area contributed by atoms with Gasteiger partial charge >= 0.3 is 0 Å². The van der Waals surface area contributed by atoms with Crippen LogP contribution in [-0.4, -0.2) is 62.8 Å². The van der Waals surface area contributed by atoms with Crippen molar-refractivity contribution in [3.8, 4) is 0 Å². The average molecular weight is 256 g/mol. The van der Waals surface area contributed by atoms with E-state index in [0.29, 0.717) is 0 Å². The van der Waals surface area contributed by atoms with E-state index in [0.717, 1.165) is 12.5 Å². The summed E-state index contributed by atoms with van der Waals surface area (Å²) in [6.07, 6.45) is 5.26. The Hall–Kier alpha value is -0.120. The predicted octanol–water partition coefficient (Wildman–Crippen LogP) is 2.47. The number of methoxy groups -OCH3 is 1. The van der Waals surface area contributed by atoms with Crippen LogP contribution in [0.3, 0.4) is 0 Å². The lowest BCUT2D eigenvalue weighted by Crippen LogP contribution is -2.46. The van der Waals surface area contributed by atoms with Crippen molar-refractivity contribution < 1.29 is 4.74 Å². The first kappa shape index (κ1) is 15.9. The second-order valence-corrected chi connectivity index (χ2v) is 5.47. The SMILES string of the molecule is CC[C@@H](CCCN1CCN(CC)CC1)CCOC. The number of ether oxygens (including phenoxy) is 1. The minimum atomic E-state index is 0.863. The molecule has 18 heavy (non-hydrogen) atoms. The molecule has 1 atom stereocenters. The van der Waals surface area contributed by atoms with Crippen molar-refractivity contribution in [2.24, 2.45) is 5.92 Å². The topological polar surface area (TPSA) is 15.7 Å². The average Bonchev–Trinajstić information content (AvgIpc) is 2.43. The minimum absolute atomic E-state index is 0.863. The first-order chi connectivity index (χ1) is 8.80. The zero-order valence-electron chi connectivity index (χ0n) is 12.7. The highest BCUT2D eigenvalue weighted by Gasteiger charge is 2.15. The van der Waals surface area contributed by atoms with Crippen LogP contribution < -0.4 is 0 Å². The molecule has 0 bridgehead atoms. The van der Waals surface area contributed by atoms with Crippen LogP contribution in [0.25, 0.3) is 0 Å². The van der Waals surface area contributed by atoms with Gasteiger partial charge in [0.05, 0.1) is 0 Å². The van der Waals surface area contributed by atoms with E-state index in [1.165, 1.54) is 65.0 Å². The van der Waals surface area contributed by atoms with Crippen molar-refractivity contribution in [2.75, 3.05) is 53.0 Å². The summed E-state index contributed by atoms with van der Waals surface area (Å²) in [5, 5.41) is 0. The Balaban J connectivity index is 2.06. The van der Waals surface area contributed by atoms with Crippen molar-refractivity contribution in [1.82, 2.24) is 9.80 Å². The van der Waals surface area contributed by atoms with Crippen molar-refractivity contribution in [1.29, 1.82) is 0 Å². The van der Waals surface area contributed by atoms with Gasteiger partial charge in [0.15, 0.2) is 0 Å². The molecule has 0 spiro atoms. The van der Waals surface area contributed by atoms with Gasteiger partial charge in [0.2, 0.25) is 0 Å². The molecule has 0 unspecified atom stereocenters. The summed E-state index contributed by atoms with van der Waals surface area (Å²) in [6.45, 7) is 13.1. The molecule has 0 amide bonds. The number of hydrogen-bond donors (Lipinski definition) is 0. The van der Waals surface area contributed by atoms with Crippen LogP contribution in [0.4, 0.5) is 0 Å². The maximum atomic E-state index is 5.18. The van der Waals surface area contributed by atoms with Crippen LogP contribution >= 0.6 is 0 Å². The van der Waals surface area contributed by atoms with Gasteiger partial charge in [-0.3, -0.25) is 0 Å². The summed E-state index contributed by atoms with van der Waals surface area (Å²) < 4.78 is 5.18. The molecule has 0 saturated carbocycles. The van der Waals surface area contributed by atoms with Gasteiger partial charge in [0.1, 0.15) is 0 Å². The second kappa shape index (κ2) is 9.76. The molecule has 1 aliphatic heterocycles. The highest BCUT2D eigenvalue weighted by Crippen LogP contribution is 2.16. The van der Waals surface area contributed by atoms with Crippen LogP contribution in [0, 0.1) is 5.92 Å². The Morgan fingerprint density at radius 1 is 1.00 bits per heavy atom. The summed E-state index contributed by atoms with van der Waals surface area (Å²) >= 11 is 0. The Morgan fingerprint density at radius 2 is 1.67 bits per heavy atom. The molecular weight excluding hydrogens is 224 g/mol.